The van der Waals surface area contributed by atoms with Crippen LogP contribution in [0.4, 0.5) is 10.1 Å². The fraction of sp³-hybridized carbons (Fsp3) is 0.364. The van der Waals surface area contributed by atoms with Gasteiger partial charge in [-0.25, -0.2) is 4.39 Å². The predicted octanol–water partition coefficient (Wildman–Crippen LogP) is 3.37. The Bertz CT molecular complexity index is 406. The van der Waals surface area contributed by atoms with Crippen molar-refractivity contribution in [3.8, 4) is 0 Å². The number of carbonyl (C=O) groups excluding carboxylic acids is 1. The number of nitrogens with zero attached hydrogens (tertiary/aromatic N) is 1. The second kappa shape index (κ2) is 4.72. The predicted molar refractivity (Wildman–Crippen MR) is 65.7 cm³/mol. The van der Waals surface area contributed by atoms with Crippen molar-refractivity contribution in [1.29, 1.82) is 0 Å². The molecule has 1 aromatic rings. The molecule has 1 fully saturated rings. The van der Waals surface area contributed by atoms with E-state index in [-0.39, 0.29) is 21.4 Å². The molecule has 2 nitrogen and oxygen atoms in total. The highest BCUT2D eigenvalue weighted by Gasteiger charge is 2.30. The van der Waals surface area contributed by atoms with Gasteiger partial charge in [-0.1, -0.05) is 33.6 Å². The number of amides is 1. The van der Waals surface area contributed by atoms with Gasteiger partial charge in [0.1, 0.15) is 5.82 Å². The Morgan fingerprint density at radius 2 is 2.25 bits per heavy atom. The van der Waals surface area contributed by atoms with Crippen molar-refractivity contribution in [1.82, 2.24) is 0 Å². The van der Waals surface area contributed by atoms with Gasteiger partial charge in [0.2, 0.25) is 5.91 Å². The maximum Gasteiger partial charge on any atom is 0.240 e. The molecular formula is C11H10BrClFNO. The lowest BCUT2D eigenvalue weighted by Crippen LogP contribution is -2.42. The molecule has 2 rings (SSSR count). The van der Waals surface area contributed by atoms with Gasteiger partial charge in [0, 0.05) is 6.54 Å². The van der Waals surface area contributed by atoms with E-state index in [4.69, 9.17) is 11.6 Å². The number of benzene rings is 1. The molecule has 0 bridgehead atoms. The van der Waals surface area contributed by atoms with Crippen LogP contribution in [0, 0.1) is 5.82 Å². The second-order valence-corrected chi connectivity index (χ2v) is 5.18. The highest BCUT2D eigenvalue weighted by Crippen LogP contribution is 2.32. The molecule has 1 atom stereocenters. The Morgan fingerprint density at radius 1 is 1.50 bits per heavy atom. The molecule has 86 valence electrons. The van der Waals surface area contributed by atoms with Crippen LogP contribution in [-0.4, -0.2) is 17.3 Å². The fourth-order valence-electron chi connectivity index (χ4n) is 1.80. The molecular weight excluding hydrogens is 296 g/mol. The molecule has 1 unspecified atom stereocenters. The first-order valence-corrected chi connectivity index (χ1v) is 6.30. The summed E-state index contributed by atoms with van der Waals surface area (Å²) in [4.78, 5) is 13.1. The lowest BCUT2D eigenvalue weighted by Gasteiger charge is -2.30. The molecule has 1 heterocycles. The lowest BCUT2D eigenvalue weighted by atomic mass is 10.1. The zero-order chi connectivity index (χ0) is 11.7. The van der Waals surface area contributed by atoms with E-state index < -0.39 is 5.82 Å². The highest BCUT2D eigenvalue weighted by atomic mass is 79.9. The lowest BCUT2D eigenvalue weighted by molar-refractivity contribution is -0.118. The van der Waals surface area contributed by atoms with E-state index in [1.54, 1.807) is 6.07 Å². The molecule has 1 saturated heterocycles. The third-order valence-electron chi connectivity index (χ3n) is 2.58. The zero-order valence-corrected chi connectivity index (χ0v) is 10.8. The molecule has 1 amide bonds. The quantitative estimate of drug-likeness (QED) is 0.729. The molecule has 16 heavy (non-hydrogen) atoms. The van der Waals surface area contributed by atoms with Gasteiger partial charge in [0.15, 0.2) is 0 Å². The second-order valence-electron chi connectivity index (χ2n) is 3.67. The van der Waals surface area contributed by atoms with E-state index in [1.807, 2.05) is 0 Å². The van der Waals surface area contributed by atoms with E-state index in [0.717, 1.165) is 12.8 Å². The molecule has 0 spiro atoms. The van der Waals surface area contributed by atoms with Crippen molar-refractivity contribution in [2.24, 2.45) is 0 Å². The van der Waals surface area contributed by atoms with E-state index in [1.165, 1.54) is 17.0 Å². The van der Waals surface area contributed by atoms with Crippen molar-refractivity contribution >= 4 is 39.1 Å². The fourth-order valence-corrected chi connectivity index (χ4v) is 2.64. The summed E-state index contributed by atoms with van der Waals surface area (Å²) in [6.07, 6.45) is 1.62. The van der Waals surface area contributed by atoms with Crippen molar-refractivity contribution in [3.63, 3.8) is 0 Å². The molecule has 0 aromatic heterocycles. The number of piperidine rings is 1. The van der Waals surface area contributed by atoms with E-state index >= 15 is 0 Å². The number of para-hydroxylation sites is 1. The van der Waals surface area contributed by atoms with Gasteiger partial charge in [-0.05, 0) is 25.0 Å². The maximum atomic E-state index is 13.6. The molecule has 1 aliphatic rings. The molecule has 0 aliphatic carbocycles. The van der Waals surface area contributed by atoms with Gasteiger partial charge in [-0.2, -0.15) is 0 Å². The number of hydrogen-bond donors (Lipinski definition) is 0. The smallest absolute Gasteiger partial charge is 0.240 e. The van der Waals surface area contributed by atoms with Crippen molar-refractivity contribution in [2.45, 2.75) is 17.7 Å². The van der Waals surface area contributed by atoms with E-state index in [9.17, 15) is 9.18 Å². The van der Waals surface area contributed by atoms with Crippen LogP contribution in [0.2, 0.25) is 5.02 Å². The summed E-state index contributed by atoms with van der Waals surface area (Å²) in [7, 11) is 0. The Labute approximate surface area is 107 Å². The van der Waals surface area contributed by atoms with Gasteiger partial charge >= 0.3 is 0 Å². The van der Waals surface area contributed by atoms with Gasteiger partial charge in [0.25, 0.3) is 0 Å². The number of alkyl halides is 1. The average molecular weight is 307 g/mol. The Hall–Kier alpha value is -0.610. The van der Waals surface area contributed by atoms with Gasteiger partial charge in [-0.3, -0.25) is 4.79 Å². The maximum absolute atomic E-state index is 13.6. The molecule has 0 saturated carbocycles. The minimum absolute atomic E-state index is 0.127. The normalized spacial score (nSPS) is 21.3. The summed E-state index contributed by atoms with van der Waals surface area (Å²) in [5, 5.41) is 0.273. The summed E-state index contributed by atoms with van der Waals surface area (Å²) >= 11 is 9.21. The SMILES string of the molecule is O=C1C(Br)CCCN1c1c(F)cccc1Cl. The standard InChI is InChI=1S/C11H10BrClFNO/c12-7-3-2-6-15(11(7)16)10-8(13)4-1-5-9(10)14/h1,4-5,7H,2-3,6H2. The van der Waals surface area contributed by atoms with Crippen LogP contribution in [-0.2, 0) is 4.79 Å². The third-order valence-corrected chi connectivity index (χ3v) is 3.74. The summed E-state index contributed by atoms with van der Waals surface area (Å²) in [6, 6.07) is 4.43. The van der Waals surface area contributed by atoms with E-state index in [0.29, 0.717) is 6.54 Å². The molecule has 0 N–H and O–H groups in total. The van der Waals surface area contributed by atoms with Crippen molar-refractivity contribution < 1.29 is 9.18 Å². The van der Waals surface area contributed by atoms with E-state index in [2.05, 4.69) is 15.9 Å². The average Bonchev–Trinajstić information content (AvgIpc) is 2.24. The third kappa shape index (κ3) is 2.09. The number of hydrogen-bond acceptors (Lipinski definition) is 1. The van der Waals surface area contributed by atoms with Crippen LogP contribution in [0.3, 0.4) is 0 Å². The van der Waals surface area contributed by atoms with Crippen molar-refractivity contribution in [2.75, 3.05) is 11.4 Å². The monoisotopic (exact) mass is 305 g/mol. The summed E-state index contributed by atoms with van der Waals surface area (Å²) < 4.78 is 13.6. The van der Waals surface area contributed by atoms with Crippen LogP contribution in [0.5, 0.6) is 0 Å². The summed E-state index contributed by atoms with van der Waals surface area (Å²) in [5.74, 6) is -0.583. The first-order valence-electron chi connectivity index (χ1n) is 5.00. The molecule has 0 radical (unpaired) electrons. The van der Waals surface area contributed by atoms with Crippen molar-refractivity contribution in [3.05, 3.63) is 29.0 Å². The largest absolute Gasteiger partial charge is 0.307 e. The number of carbonyl (C=O) groups is 1. The van der Waals surface area contributed by atoms with Crippen LogP contribution in [0.15, 0.2) is 18.2 Å². The number of anilines is 1. The van der Waals surface area contributed by atoms with Crippen LogP contribution >= 0.6 is 27.5 Å². The van der Waals surface area contributed by atoms with Crippen LogP contribution in [0.1, 0.15) is 12.8 Å². The van der Waals surface area contributed by atoms with Gasteiger partial charge in [0.05, 0.1) is 15.5 Å². The Morgan fingerprint density at radius 3 is 2.94 bits per heavy atom. The minimum atomic E-state index is -0.456. The molecule has 1 aromatic carbocycles. The van der Waals surface area contributed by atoms with Gasteiger partial charge < -0.3 is 4.90 Å². The molecule has 5 heteroatoms. The topological polar surface area (TPSA) is 20.3 Å². The van der Waals surface area contributed by atoms with Crippen LogP contribution in [0.25, 0.3) is 0 Å². The Kier molecular flexibility index (Phi) is 3.50. The first kappa shape index (κ1) is 11.9. The summed E-state index contributed by atoms with van der Waals surface area (Å²) in [5.41, 5.74) is 0.193. The highest BCUT2D eigenvalue weighted by molar-refractivity contribution is 9.10. The summed E-state index contributed by atoms with van der Waals surface area (Å²) in [6.45, 7) is 0.515. The first-order chi connectivity index (χ1) is 7.61. The number of rotatable bonds is 1. The van der Waals surface area contributed by atoms with Gasteiger partial charge in [-0.15, -0.1) is 0 Å². The molecule has 1 aliphatic heterocycles. The number of halogens is 3. The zero-order valence-electron chi connectivity index (χ0n) is 8.42. The minimum Gasteiger partial charge on any atom is -0.307 e. The van der Waals surface area contributed by atoms with Crippen LogP contribution < -0.4 is 4.90 Å². The Balaban J connectivity index is 2.40.